The Hall–Kier alpha value is -2.35. The Morgan fingerprint density at radius 2 is 2.10 bits per heavy atom. The number of aromatic nitrogens is 5. The Morgan fingerprint density at radius 3 is 2.75 bits per heavy atom. The molecule has 0 aliphatic heterocycles. The van der Waals surface area contributed by atoms with Gasteiger partial charge in [-0.15, -0.1) is 16.4 Å². The summed E-state index contributed by atoms with van der Waals surface area (Å²) in [6.07, 6.45) is 1.63. The summed E-state index contributed by atoms with van der Waals surface area (Å²) in [5, 5.41) is 7.40. The monoisotopic (exact) mass is 288 g/mol. The van der Waals surface area contributed by atoms with Crippen LogP contribution in [0.4, 0.5) is 5.13 Å². The van der Waals surface area contributed by atoms with Gasteiger partial charge in [-0.25, -0.2) is 14.5 Å². The Labute approximate surface area is 118 Å². The maximum Gasteiger partial charge on any atom is 0.297 e. The second-order valence-electron chi connectivity index (χ2n) is 4.35. The van der Waals surface area contributed by atoms with Crippen LogP contribution in [0.5, 0.6) is 0 Å². The molecule has 0 saturated carbocycles. The van der Waals surface area contributed by atoms with Crippen molar-refractivity contribution in [3.8, 4) is 0 Å². The van der Waals surface area contributed by atoms with Crippen LogP contribution in [-0.2, 0) is 0 Å². The van der Waals surface area contributed by atoms with E-state index in [1.54, 1.807) is 12.3 Å². The highest BCUT2D eigenvalue weighted by Crippen LogP contribution is 2.21. The van der Waals surface area contributed by atoms with E-state index in [1.165, 1.54) is 15.9 Å². The molecular weight excluding hydrogens is 276 g/mol. The summed E-state index contributed by atoms with van der Waals surface area (Å²) < 4.78 is 1.53. The fraction of sp³-hybridized carbons (Fsp3) is 0.250. The summed E-state index contributed by atoms with van der Waals surface area (Å²) >= 11 is 1.43. The van der Waals surface area contributed by atoms with Crippen molar-refractivity contribution in [1.82, 2.24) is 24.6 Å². The fourth-order valence-electron chi connectivity index (χ4n) is 1.68. The van der Waals surface area contributed by atoms with Gasteiger partial charge in [0.05, 0.1) is 5.69 Å². The number of nitrogens with one attached hydrogen (secondary N) is 1. The molecule has 0 atom stereocenters. The van der Waals surface area contributed by atoms with E-state index < -0.39 is 0 Å². The van der Waals surface area contributed by atoms with Crippen LogP contribution in [0, 0.1) is 20.8 Å². The average molecular weight is 288 g/mol. The van der Waals surface area contributed by atoms with Gasteiger partial charge in [-0.05, 0) is 26.8 Å². The maximum atomic E-state index is 12.1. The lowest BCUT2D eigenvalue weighted by molar-refractivity contribution is 0.101. The molecule has 0 saturated heterocycles. The molecule has 0 unspecified atom stereocenters. The topological polar surface area (TPSA) is 85.1 Å². The first-order valence-corrected chi connectivity index (χ1v) is 6.80. The third-order valence-electron chi connectivity index (χ3n) is 2.88. The van der Waals surface area contributed by atoms with Gasteiger partial charge >= 0.3 is 0 Å². The van der Waals surface area contributed by atoms with Gasteiger partial charge in [0.1, 0.15) is 0 Å². The van der Waals surface area contributed by atoms with Crippen LogP contribution in [0.2, 0.25) is 0 Å². The van der Waals surface area contributed by atoms with Crippen LogP contribution in [0.15, 0.2) is 12.3 Å². The number of aryl methyl sites for hydroxylation is 3. The van der Waals surface area contributed by atoms with Crippen LogP contribution in [0.3, 0.4) is 0 Å². The van der Waals surface area contributed by atoms with Gasteiger partial charge in [-0.3, -0.25) is 10.1 Å². The SMILES string of the molecule is Cc1nc(NC(=O)c2nc3nccc(C)n3n2)sc1C. The highest BCUT2D eigenvalue weighted by molar-refractivity contribution is 7.15. The molecule has 0 aliphatic rings. The lowest BCUT2D eigenvalue weighted by Crippen LogP contribution is -2.13. The molecule has 0 aliphatic carbocycles. The lowest BCUT2D eigenvalue weighted by atomic mass is 10.4. The summed E-state index contributed by atoms with van der Waals surface area (Å²) in [5.41, 5.74) is 1.77. The first-order valence-electron chi connectivity index (χ1n) is 5.98. The predicted molar refractivity (Wildman–Crippen MR) is 75.1 cm³/mol. The quantitative estimate of drug-likeness (QED) is 0.776. The molecular formula is C12H12N6OS. The minimum Gasteiger partial charge on any atom is -0.295 e. The van der Waals surface area contributed by atoms with Crippen molar-refractivity contribution in [2.75, 3.05) is 5.32 Å². The smallest absolute Gasteiger partial charge is 0.295 e. The zero-order chi connectivity index (χ0) is 14.3. The second kappa shape index (κ2) is 4.64. The zero-order valence-corrected chi connectivity index (χ0v) is 12.0. The molecule has 0 radical (unpaired) electrons. The summed E-state index contributed by atoms with van der Waals surface area (Å²) in [7, 11) is 0. The average Bonchev–Trinajstić information content (AvgIpc) is 2.95. The van der Waals surface area contributed by atoms with E-state index in [-0.39, 0.29) is 11.7 Å². The van der Waals surface area contributed by atoms with E-state index in [2.05, 4.69) is 25.4 Å². The van der Waals surface area contributed by atoms with Crippen LogP contribution in [-0.4, -0.2) is 30.5 Å². The Balaban J connectivity index is 1.90. The van der Waals surface area contributed by atoms with E-state index >= 15 is 0 Å². The second-order valence-corrected chi connectivity index (χ2v) is 5.55. The van der Waals surface area contributed by atoms with Crippen molar-refractivity contribution in [1.29, 1.82) is 0 Å². The first-order chi connectivity index (χ1) is 9.54. The molecule has 0 spiro atoms. The van der Waals surface area contributed by atoms with Crippen LogP contribution >= 0.6 is 11.3 Å². The molecule has 1 N–H and O–H groups in total. The Kier molecular flexibility index (Phi) is 2.94. The molecule has 3 aromatic heterocycles. The van der Waals surface area contributed by atoms with Crippen molar-refractivity contribution in [3.63, 3.8) is 0 Å². The molecule has 7 nitrogen and oxygen atoms in total. The number of hydrogen-bond donors (Lipinski definition) is 1. The highest BCUT2D eigenvalue weighted by Gasteiger charge is 2.16. The fourth-order valence-corrected chi connectivity index (χ4v) is 2.49. The van der Waals surface area contributed by atoms with Crippen molar-refractivity contribution in [2.24, 2.45) is 0 Å². The molecule has 1 amide bonds. The minimum atomic E-state index is -0.386. The van der Waals surface area contributed by atoms with E-state index in [0.717, 1.165) is 16.3 Å². The van der Waals surface area contributed by atoms with Gasteiger partial charge in [0.2, 0.25) is 5.82 Å². The molecule has 0 bridgehead atoms. The molecule has 0 aromatic carbocycles. The Morgan fingerprint density at radius 1 is 1.30 bits per heavy atom. The molecule has 20 heavy (non-hydrogen) atoms. The number of nitrogens with zero attached hydrogens (tertiary/aromatic N) is 5. The summed E-state index contributed by atoms with van der Waals surface area (Å²) in [4.78, 5) is 25.6. The predicted octanol–water partition coefficient (Wildman–Crippen LogP) is 1.76. The number of amides is 1. The largest absolute Gasteiger partial charge is 0.297 e. The number of carbonyl (C=O) groups excluding carboxylic acids is 1. The highest BCUT2D eigenvalue weighted by atomic mass is 32.1. The van der Waals surface area contributed by atoms with Gasteiger partial charge in [-0.2, -0.15) is 4.98 Å². The number of rotatable bonds is 2. The van der Waals surface area contributed by atoms with Crippen molar-refractivity contribution >= 4 is 28.2 Å². The van der Waals surface area contributed by atoms with E-state index in [1.807, 2.05) is 20.8 Å². The number of carbonyl (C=O) groups is 1. The molecule has 3 aromatic rings. The molecule has 8 heteroatoms. The molecule has 3 rings (SSSR count). The summed E-state index contributed by atoms with van der Waals surface area (Å²) in [6.45, 7) is 5.73. The van der Waals surface area contributed by atoms with E-state index in [0.29, 0.717) is 10.9 Å². The van der Waals surface area contributed by atoms with Crippen LogP contribution < -0.4 is 5.32 Å². The van der Waals surface area contributed by atoms with Gasteiger partial charge < -0.3 is 0 Å². The lowest BCUT2D eigenvalue weighted by Gasteiger charge is -1.95. The van der Waals surface area contributed by atoms with Crippen molar-refractivity contribution in [2.45, 2.75) is 20.8 Å². The van der Waals surface area contributed by atoms with Gasteiger partial charge in [0, 0.05) is 16.8 Å². The maximum absolute atomic E-state index is 12.1. The van der Waals surface area contributed by atoms with Gasteiger partial charge in [0.15, 0.2) is 5.13 Å². The van der Waals surface area contributed by atoms with Crippen LogP contribution in [0.1, 0.15) is 26.9 Å². The van der Waals surface area contributed by atoms with E-state index in [9.17, 15) is 4.79 Å². The number of thiazole rings is 1. The molecule has 3 heterocycles. The summed E-state index contributed by atoms with van der Waals surface area (Å²) in [5.74, 6) is 0.0996. The molecule has 0 fully saturated rings. The third-order valence-corrected chi connectivity index (χ3v) is 3.87. The number of hydrogen-bond acceptors (Lipinski definition) is 6. The zero-order valence-electron chi connectivity index (χ0n) is 11.2. The van der Waals surface area contributed by atoms with Crippen molar-refractivity contribution in [3.05, 3.63) is 34.4 Å². The number of anilines is 1. The normalized spacial score (nSPS) is 10.9. The third kappa shape index (κ3) is 2.14. The van der Waals surface area contributed by atoms with Gasteiger partial charge in [-0.1, -0.05) is 0 Å². The van der Waals surface area contributed by atoms with Crippen LogP contribution in [0.25, 0.3) is 5.78 Å². The number of fused-ring (bicyclic) bond motifs is 1. The van der Waals surface area contributed by atoms with Crippen molar-refractivity contribution < 1.29 is 4.79 Å². The minimum absolute atomic E-state index is 0.0808. The molecule has 102 valence electrons. The summed E-state index contributed by atoms with van der Waals surface area (Å²) in [6, 6.07) is 1.80. The first kappa shape index (κ1) is 12.7. The standard InChI is InChI=1S/C12H12N6OS/c1-6-4-5-13-11-15-9(17-18(6)11)10(19)16-12-14-7(2)8(3)20-12/h4-5H,1-3H3,(H,14,16,19). The Bertz CT molecular complexity index is 786. The van der Waals surface area contributed by atoms with E-state index in [4.69, 9.17) is 0 Å². The van der Waals surface area contributed by atoms with Gasteiger partial charge in [0.25, 0.3) is 11.7 Å².